The molecular weight excluding hydrogens is 422 g/mol. The van der Waals surface area contributed by atoms with Gasteiger partial charge in [0.2, 0.25) is 11.8 Å². The molecule has 2 heterocycles. The van der Waals surface area contributed by atoms with Crippen molar-refractivity contribution < 1.29 is 19.1 Å². The van der Waals surface area contributed by atoms with Crippen molar-refractivity contribution in [2.24, 2.45) is 0 Å². The molecule has 1 saturated heterocycles. The van der Waals surface area contributed by atoms with E-state index in [4.69, 9.17) is 9.47 Å². The highest BCUT2D eigenvalue weighted by molar-refractivity contribution is 8.01. The SMILES string of the molecule is C=C(C)CC(NC(C)=O)C(=O)Nc1ccc2nc(SCCC3OCCCO3)sc2c1. The lowest BCUT2D eigenvalue weighted by atomic mass is 10.1. The standard InChI is InChI=1S/C21H27N3O4S2/c1-13(2)11-17(22-14(3)25)20(26)23-15-5-6-16-18(12-15)30-21(24-16)29-10-7-19-27-8-4-9-28-19/h5-6,12,17,19H,1,4,7-11H2,2-3H3,(H,22,25)(H,23,26). The Balaban J connectivity index is 1.59. The Labute approximate surface area is 184 Å². The molecule has 0 radical (unpaired) electrons. The summed E-state index contributed by atoms with van der Waals surface area (Å²) in [6.07, 6.45) is 2.07. The third-order valence-corrected chi connectivity index (χ3v) is 6.55. The van der Waals surface area contributed by atoms with Gasteiger partial charge < -0.3 is 20.1 Å². The van der Waals surface area contributed by atoms with E-state index in [1.807, 2.05) is 25.1 Å². The van der Waals surface area contributed by atoms with Crippen LogP contribution in [0.4, 0.5) is 5.69 Å². The molecule has 162 valence electrons. The summed E-state index contributed by atoms with van der Waals surface area (Å²) in [5, 5.41) is 5.56. The Kier molecular flexibility index (Phi) is 8.26. The number of fused-ring (bicyclic) bond motifs is 1. The van der Waals surface area contributed by atoms with Gasteiger partial charge in [-0.2, -0.15) is 0 Å². The van der Waals surface area contributed by atoms with Crippen molar-refractivity contribution in [3.63, 3.8) is 0 Å². The van der Waals surface area contributed by atoms with Gasteiger partial charge in [-0.1, -0.05) is 17.3 Å². The van der Waals surface area contributed by atoms with Gasteiger partial charge in [-0.15, -0.1) is 17.9 Å². The lowest BCUT2D eigenvalue weighted by Gasteiger charge is -2.22. The van der Waals surface area contributed by atoms with Gasteiger partial charge in [0, 0.05) is 24.8 Å². The molecule has 7 nitrogen and oxygen atoms in total. The van der Waals surface area contributed by atoms with Crippen LogP contribution in [0.25, 0.3) is 10.2 Å². The molecule has 9 heteroatoms. The van der Waals surface area contributed by atoms with Crippen molar-refractivity contribution in [2.45, 2.75) is 49.8 Å². The molecule has 2 N–H and O–H groups in total. The minimum absolute atomic E-state index is 0.113. The van der Waals surface area contributed by atoms with Crippen molar-refractivity contribution >= 4 is 50.8 Å². The fourth-order valence-corrected chi connectivity index (χ4v) is 5.16. The highest BCUT2D eigenvalue weighted by atomic mass is 32.2. The quantitative estimate of drug-likeness (QED) is 0.445. The number of hydrogen-bond donors (Lipinski definition) is 2. The smallest absolute Gasteiger partial charge is 0.247 e. The molecule has 1 fully saturated rings. The van der Waals surface area contributed by atoms with Crippen molar-refractivity contribution in [1.82, 2.24) is 10.3 Å². The molecule has 0 aliphatic carbocycles. The van der Waals surface area contributed by atoms with Gasteiger partial charge >= 0.3 is 0 Å². The average molecular weight is 450 g/mol. The molecule has 2 aromatic rings. The molecule has 2 amide bonds. The second-order valence-electron chi connectivity index (χ2n) is 7.23. The third-order valence-electron chi connectivity index (χ3n) is 4.36. The molecule has 1 aliphatic rings. The van der Waals surface area contributed by atoms with Crippen LogP contribution in [-0.2, 0) is 19.1 Å². The number of thioether (sulfide) groups is 1. The van der Waals surface area contributed by atoms with Gasteiger partial charge in [0.15, 0.2) is 10.6 Å². The van der Waals surface area contributed by atoms with Crippen molar-refractivity contribution in [1.29, 1.82) is 0 Å². The van der Waals surface area contributed by atoms with Gasteiger partial charge in [-0.25, -0.2) is 4.98 Å². The molecule has 1 atom stereocenters. The molecule has 0 spiro atoms. The van der Waals surface area contributed by atoms with Crippen LogP contribution < -0.4 is 10.6 Å². The maximum Gasteiger partial charge on any atom is 0.247 e. The van der Waals surface area contributed by atoms with E-state index in [1.54, 1.807) is 23.1 Å². The predicted molar refractivity (Wildman–Crippen MR) is 121 cm³/mol. The highest BCUT2D eigenvalue weighted by Crippen LogP contribution is 2.32. The number of ether oxygens (including phenoxy) is 2. The van der Waals surface area contributed by atoms with E-state index in [0.717, 1.165) is 51.9 Å². The van der Waals surface area contributed by atoms with Crippen molar-refractivity contribution in [3.8, 4) is 0 Å². The fraction of sp³-hybridized carbons (Fsp3) is 0.476. The van der Waals surface area contributed by atoms with E-state index in [0.29, 0.717) is 12.1 Å². The monoisotopic (exact) mass is 449 g/mol. The van der Waals surface area contributed by atoms with Crippen LogP contribution in [0.1, 0.15) is 33.1 Å². The van der Waals surface area contributed by atoms with Gasteiger partial charge in [-0.05, 0) is 38.0 Å². The predicted octanol–water partition coefficient (Wildman–Crippen LogP) is 3.95. The minimum Gasteiger partial charge on any atom is -0.353 e. The molecule has 1 aliphatic heterocycles. The normalized spacial score (nSPS) is 15.7. The Bertz CT molecular complexity index is 893. The number of thiazole rings is 1. The molecule has 30 heavy (non-hydrogen) atoms. The van der Waals surface area contributed by atoms with E-state index >= 15 is 0 Å². The van der Waals surface area contributed by atoms with E-state index < -0.39 is 6.04 Å². The molecule has 1 unspecified atom stereocenters. The number of benzene rings is 1. The number of carbonyl (C=O) groups is 2. The number of aromatic nitrogens is 1. The Morgan fingerprint density at radius 2 is 2.10 bits per heavy atom. The summed E-state index contributed by atoms with van der Waals surface area (Å²) in [7, 11) is 0. The van der Waals surface area contributed by atoms with Crippen LogP contribution in [-0.4, -0.2) is 48.1 Å². The van der Waals surface area contributed by atoms with Crippen LogP contribution in [0, 0.1) is 0 Å². The zero-order chi connectivity index (χ0) is 21.5. The summed E-state index contributed by atoms with van der Waals surface area (Å²) >= 11 is 3.27. The third kappa shape index (κ3) is 6.80. The summed E-state index contributed by atoms with van der Waals surface area (Å²) in [5.74, 6) is 0.354. The van der Waals surface area contributed by atoms with E-state index in [9.17, 15) is 9.59 Å². The summed E-state index contributed by atoms with van der Waals surface area (Å²) in [5.41, 5.74) is 2.40. The number of amides is 2. The van der Waals surface area contributed by atoms with Crippen LogP contribution >= 0.6 is 23.1 Å². The number of nitrogens with one attached hydrogen (secondary N) is 2. The van der Waals surface area contributed by atoms with Crippen LogP contribution in [0.2, 0.25) is 0 Å². The molecule has 3 rings (SSSR count). The van der Waals surface area contributed by atoms with Gasteiger partial charge in [-0.3, -0.25) is 9.59 Å². The number of anilines is 1. The molecular formula is C21H27N3O4S2. The fourth-order valence-electron chi connectivity index (χ4n) is 3.02. The van der Waals surface area contributed by atoms with Crippen molar-refractivity contribution in [2.75, 3.05) is 24.3 Å². The summed E-state index contributed by atoms with van der Waals surface area (Å²) in [4.78, 5) is 28.7. The highest BCUT2D eigenvalue weighted by Gasteiger charge is 2.20. The first kappa shape index (κ1) is 22.7. The van der Waals surface area contributed by atoms with Crippen LogP contribution in [0.3, 0.4) is 0 Å². The molecule has 0 saturated carbocycles. The van der Waals surface area contributed by atoms with E-state index in [1.165, 1.54) is 6.92 Å². The molecule has 1 aromatic heterocycles. The van der Waals surface area contributed by atoms with Crippen molar-refractivity contribution in [3.05, 3.63) is 30.4 Å². The maximum atomic E-state index is 12.6. The summed E-state index contributed by atoms with van der Waals surface area (Å²) in [6, 6.07) is 4.98. The molecule has 0 bridgehead atoms. The van der Waals surface area contributed by atoms with E-state index in [-0.39, 0.29) is 18.1 Å². The molecule has 1 aromatic carbocycles. The number of rotatable bonds is 9. The Hall–Kier alpha value is -1.94. The minimum atomic E-state index is -0.646. The number of nitrogens with zero attached hydrogens (tertiary/aromatic N) is 1. The lowest BCUT2D eigenvalue weighted by Crippen LogP contribution is -2.43. The second kappa shape index (κ2) is 10.9. The lowest BCUT2D eigenvalue weighted by molar-refractivity contribution is -0.178. The van der Waals surface area contributed by atoms with E-state index in [2.05, 4.69) is 22.2 Å². The van der Waals surface area contributed by atoms with Gasteiger partial charge in [0.05, 0.1) is 23.4 Å². The van der Waals surface area contributed by atoms with Gasteiger partial charge in [0.1, 0.15) is 6.04 Å². The first-order valence-corrected chi connectivity index (χ1v) is 11.7. The Morgan fingerprint density at radius 3 is 2.80 bits per heavy atom. The summed E-state index contributed by atoms with van der Waals surface area (Å²) in [6.45, 7) is 8.59. The zero-order valence-electron chi connectivity index (χ0n) is 17.2. The Morgan fingerprint density at radius 1 is 1.33 bits per heavy atom. The van der Waals surface area contributed by atoms with Gasteiger partial charge in [0.25, 0.3) is 0 Å². The first-order valence-electron chi connectivity index (χ1n) is 9.89. The summed E-state index contributed by atoms with van der Waals surface area (Å²) < 4.78 is 13.1. The first-order chi connectivity index (χ1) is 14.4. The number of carbonyl (C=O) groups excluding carboxylic acids is 2. The second-order valence-corrected chi connectivity index (χ2v) is 9.60. The number of hydrogen-bond acceptors (Lipinski definition) is 7. The van der Waals surface area contributed by atoms with Crippen LogP contribution in [0.5, 0.6) is 0 Å². The topological polar surface area (TPSA) is 89.6 Å². The zero-order valence-corrected chi connectivity index (χ0v) is 18.9. The average Bonchev–Trinajstić information content (AvgIpc) is 3.09. The van der Waals surface area contributed by atoms with Crippen LogP contribution in [0.15, 0.2) is 34.7 Å². The maximum absolute atomic E-state index is 12.6. The largest absolute Gasteiger partial charge is 0.353 e.